The van der Waals surface area contributed by atoms with Gasteiger partial charge in [-0.2, -0.15) is 0 Å². The van der Waals surface area contributed by atoms with Gasteiger partial charge in [0, 0.05) is 38.7 Å². The molecule has 45 heavy (non-hydrogen) atoms. The summed E-state index contributed by atoms with van der Waals surface area (Å²) in [6.45, 7) is 4.63. The predicted octanol–water partition coefficient (Wildman–Crippen LogP) is 11.0. The molecule has 0 unspecified atom stereocenters. The zero-order valence-corrected chi connectivity index (χ0v) is 25.0. The van der Waals surface area contributed by atoms with E-state index in [4.69, 9.17) is 4.42 Å². The van der Waals surface area contributed by atoms with Gasteiger partial charge in [-0.25, -0.2) is 0 Å². The summed E-state index contributed by atoms with van der Waals surface area (Å²) < 4.78 is 6.36. The van der Waals surface area contributed by atoms with Crippen molar-refractivity contribution in [1.29, 1.82) is 0 Å². The van der Waals surface area contributed by atoms with Crippen LogP contribution in [0.5, 0.6) is 0 Å². The minimum Gasteiger partial charge on any atom is -0.456 e. The van der Waals surface area contributed by atoms with Crippen LogP contribution >= 0.6 is 0 Å². The first-order valence-electron chi connectivity index (χ1n) is 15.4. The summed E-state index contributed by atoms with van der Waals surface area (Å²) in [5.74, 6) is 0. The third-order valence-corrected chi connectivity index (χ3v) is 9.63. The smallest absolute Gasteiger partial charge is 0.194 e. The molecule has 9 rings (SSSR count). The van der Waals surface area contributed by atoms with Crippen LogP contribution in [0.25, 0.3) is 54.6 Å². The van der Waals surface area contributed by atoms with Gasteiger partial charge in [0.25, 0.3) is 0 Å². The lowest BCUT2D eigenvalue weighted by Gasteiger charge is -2.42. The van der Waals surface area contributed by atoms with Crippen molar-refractivity contribution >= 4 is 60.5 Å². The predicted molar refractivity (Wildman–Crippen MR) is 187 cm³/mol. The third-order valence-electron chi connectivity index (χ3n) is 9.63. The number of furan rings is 1. The molecule has 3 heteroatoms. The average molecular weight is 580 g/mol. The normalized spacial score (nSPS) is 13.8. The zero-order valence-electron chi connectivity index (χ0n) is 25.0. The first-order chi connectivity index (χ1) is 22.0. The van der Waals surface area contributed by atoms with E-state index in [-0.39, 0.29) is 10.8 Å². The van der Waals surface area contributed by atoms with E-state index in [1.807, 2.05) is 48.5 Å². The van der Waals surface area contributed by atoms with Crippen LogP contribution in [0.4, 0.5) is 17.1 Å². The summed E-state index contributed by atoms with van der Waals surface area (Å²) in [4.78, 5) is 15.7. The molecule has 0 aliphatic carbocycles. The van der Waals surface area contributed by atoms with E-state index in [2.05, 4.69) is 110 Å². The Labute approximate surface area is 260 Å². The van der Waals surface area contributed by atoms with Crippen LogP contribution in [0.3, 0.4) is 0 Å². The van der Waals surface area contributed by atoms with Gasteiger partial charge in [-0.3, -0.25) is 4.79 Å². The van der Waals surface area contributed by atoms with Gasteiger partial charge >= 0.3 is 0 Å². The number of nitrogens with zero attached hydrogens (tertiary/aromatic N) is 1. The lowest BCUT2D eigenvalue weighted by Crippen LogP contribution is -2.30. The maximum atomic E-state index is 13.3. The summed E-state index contributed by atoms with van der Waals surface area (Å²) in [5.41, 5.74) is 9.79. The summed E-state index contributed by atoms with van der Waals surface area (Å²) in [7, 11) is 0. The number of hydrogen-bond acceptors (Lipinski definition) is 3. The molecule has 1 aliphatic heterocycles. The van der Waals surface area contributed by atoms with Crippen molar-refractivity contribution in [3.8, 4) is 11.1 Å². The maximum Gasteiger partial charge on any atom is 0.194 e. The lowest BCUT2D eigenvalue weighted by atomic mass is 9.73. The first-order valence-corrected chi connectivity index (χ1v) is 15.4. The van der Waals surface area contributed by atoms with Crippen molar-refractivity contribution in [2.75, 3.05) is 4.90 Å². The minimum atomic E-state index is -0.193. The molecule has 1 aliphatic rings. The van der Waals surface area contributed by atoms with Gasteiger partial charge in [-0.05, 0) is 75.5 Å². The Hall–Kier alpha value is -5.67. The molecule has 0 amide bonds. The fourth-order valence-corrected chi connectivity index (χ4v) is 7.26. The van der Waals surface area contributed by atoms with Crippen LogP contribution in [0, 0.1) is 0 Å². The molecule has 1 aromatic heterocycles. The highest BCUT2D eigenvalue weighted by molar-refractivity contribution is 6.07. The highest BCUT2D eigenvalue weighted by Crippen LogP contribution is 2.53. The molecule has 0 saturated carbocycles. The van der Waals surface area contributed by atoms with Gasteiger partial charge in [0.1, 0.15) is 11.2 Å². The second-order valence-corrected chi connectivity index (χ2v) is 12.5. The van der Waals surface area contributed by atoms with Crippen LogP contribution in [0.15, 0.2) is 149 Å². The summed E-state index contributed by atoms with van der Waals surface area (Å²) in [5, 5.41) is 5.66. The van der Waals surface area contributed by atoms with Gasteiger partial charge in [-0.15, -0.1) is 0 Å². The third kappa shape index (κ3) is 3.80. The van der Waals surface area contributed by atoms with Gasteiger partial charge in [0.2, 0.25) is 0 Å². The quantitative estimate of drug-likeness (QED) is 0.204. The molecular weight excluding hydrogens is 550 g/mol. The molecule has 0 N–H and O–H groups in total. The van der Waals surface area contributed by atoms with E-state index in [0.717, 1.165) is 66.0 Å². The van der Waals surface area contributed by atoms with Crippen molar-refractivity contribution < 1.29 is 4.42 Å². The molecule has 214 valence electrons. The molecule has 0 fully saturated rings. The van der Waals surface area contributed by atoms with Crippen molar-refractivity contribution in [2.45, 2.75) is 19.3 Å². The highest BCUT2D eigenvalue weighted by atomic mass is 16.3. The molecule has 0 spiro atoms. The maximum absolute atomic E-state index is 13.3. The van der Waals surface area contributed by atoms with E-state index in [0.29, 0.717) is 0 Å². The average Bonchev–Trinajstić information content (AvgIpc) is 3.37. The monoisotopic (exact) mass is 579 g/mol. The van der Waals surface area contributed by atoms with Crippen molar-refractivity contribution in [2.24, 2.45) is 0 Å². The first kappa shape index (κ1) is 25.8. The van der Waals surface area contributed by atoms with E-state index in [1.165, 1.54) is 16.8 Å². The molecule has 2 heterocycles. The van der Waals surface area contributed by atoms with Crippen molar-refractivity contribution in [3.63, 3.8) is 0 Å². The number of benzene rings is 6. The number of para-hydroxylation sites is 2. The number of fused-ring (bicyclic) bond motifs is 7. The number of hydrogen-bond donors (Lipinski definition) is 0. The number of anilines is 3. The highest BCUT2D eigenvalue weighted by Gasteiger charge is 2.37. The summed E-state index contributed by atoms with van der Waals surface area (Å²) in [6, 6.07) is 48.3. The van der Waals surface area contributed by atoms with E-state index < -0.39 is 0 Å². The summed E-state index contributed by atoms with van der Waals surface area (Å²) in [6.07, 6.45) is 0. The Bertz CT molecular complexity index is 2540. The Morgan fingerprint density at radius 3 is 2.07 bits per heavy atom. The van der Waals surface area contributed by atoms with E-state index in [9.17, 15) is 4.79 Å². The van der Waals surface area contributed by atoms with Gasteiger partial charge in [-0.1, -0.05) is 105 Å². The van der Waals surface area contributed by atoms with Gasteiger partial charge < -0.3 is 9.32 Å². The molecule has 0 bridgehead atoms. The van der Waals surface area contributed by atoms with E-state index in [1.54, 1.807) is 0 Å². The standard InChI is InChI=1S/C42H29NO2/c1-42(2)35-12-6-7-13-37(35)43(38-25-40-34(24-36(38)42)33-11-5-8-14-39(33)45-40)30-20-17-26(18-21-30)28-19-22-32-29(23-28)16-15-27-9-3-4-10-31(27)41(32)44/h3-25H,1-2H3. The Morgan fingerprint density at radius 2 is 1.20 bits per heavy atom. The second-order valence-electron chi connectivity index (χ2n) is 12.5. The lowest BCUT2D eigenvalue weighted by molar-refractivity contribution is 0.630. The van der Waals surface area contributed by atoms with Crippen LogP contribution in [-0.4, -0.2) is 0 Å². The zero-order chi connectivity index (χ0) is 30.3. The van der Waals surface area contributed by atoms with Crippen molar-refractivity contribution in [3.05, 3.63) is 161 Å². The van der Waals surface area contributed by atoms with Gasteiger partial charge in [0.15, 0.2) is 5.43 Å². The van der Waals surface area contributed by atoms with Crippen LogP contribution in [-0.2, 0) is 5.41 Å². The Balaban J connectivity index is 1.19. The summed E-state index contributed by atoms with van der Waals surface area (Å²) >= 11 is 0. The Morgan fingerprint density at radius 1 is 0.511 bits per heavy atom. The molecule has 0 radical (unpaired) electrons. The molecule has 0 saturated heterocycles. The van der Waals surface area contributed by atoms with Crippen LogP contribution < -0.4 is 10.3 Å². The second kappa shape index (κ2) is 9.41. The molecule has 7 aromatic carbocycles. The van der Waals surface area contributed by atoms with Crippen LogP contribution in [0.1, 0.15) is 25.0 Å². The van der Waals surface area contributed by atoms with Crippen LogP contribution in [0.2, 0.25) is 0 Å². The fourth-order valence-electron chi connectivity index (χ4n) is 7.26. The minimum absolute atomic E-state index is 0.0661. The Kier molecular flexibility index (Phi) is 5.40. The fraction of sp³-hybridized carbons (Fsp3) is 0.0714. The molecule has 3 nitrogen and oxygen atoms in total. The molecule has 8 aromatic rings. The van der Waals surface area contributed by atoms with Crippen molar-refractivity contribution in [1.82, 2.24) is 0 Å². The molecule has 0 atom stereocenters. The number of rotatable bonds is 2. The van der Waals surface area contributed by atoms with Gasteiger partial charge in [0.05, 0.1) is 11.4 Å². The molecular formula is C42H29NO2. The largest absolute Gasteiger partial charge is 0.456 e. The van der Waals surface area contributed by atoms with E-state index >= 15 is 0 Å². The topological polar surface area (TPSA) is 33.5 Å². The SMILES string of the molecule is CC1(C)c2ccccc2N(c2ccc(-c3ccc4c(=O)c5ccccc5ccc4c3)cc2)c2cc3oc4ccccc4c3cc21.